The molecule has 3 fully saturated rings. The van der Waals surface area contributed by atoms with Gasteiger partial charge in [-0.15, -0.1) is 0 Å². The Kier molecular flexibility index (Phi) is 4.08. The molecular formula is C22H21NO6. The number of ketones is 1. The lowest BCUT2D eigenvalue weighted by Crippen LogP contribution is -2.40. The van der Waals surface area contributed by atoms with Crippen LogP contribution in [0.1, 0.15) is 16.8 Å². The zero-order valence-corrected chi connectivity index (χ0v) is 15.9. The van der Waals surface area contributed by atoms with Crippen LogP contribution in [0.4, 0.5) is 0 Å². The topological polar surface area (TPSA) is 90.0 Å². The highest BCUT2D eigenvalue weighted by Crippen LogP contribution is 2.65. The fourth-order valence-electron chi connectivity index (χ4n) is 5.36. The molecule has 1 aliphatic heterocycles. The summed E-state index contributed by atoms with van der Waals surface area (Å²) < 4.78 is 10.1. The first-order valence-electron chi connectivity index (χ1n) is 9.86. The normalized spacial score (nSPS) is 33.3. The number of ether oxygens (including phenoxy) is 2. The molecule has 0 spiro atoms. The second kappa shape index (κ2) is 6.54. The minimum Gasteiger partial charge on any atom is -0.497 e. The van der Waals surface area contributed by atoms with Gasteiger partial charge in [0.25, 0.3) is 0 Å². The number of benzene rings is 1. The van der Waals surface area contributed by atoms with Crippen molar-refractivity contribution in [3.63, 3.8) is 0 Å². The number of amides is 2. The summed E-state index contributed by atoms with van der Waals surface area (Å²) in [4.78, 5) is 51.1. The second-order valence-electron chi connectivity index (χ2n) is 8.23. The summed E-state index contributed by atoms with van der Waals surface area (Å²) in [5.74, 6) is -0.473. The van der Waals surface area contributed by atoms with Gasteiger partial charge in [-0.3, -0.25) is 24.1 Å². The largest absolute Gasteiger partial charge is 0.497 e. The van der Waals surface area contributed by atoms with Gasteiger partial charge in [0, 0.05) is 5.56 Å². The van der Waals surface area contributed by atoms with Crippen molar-refractivity contribution in [1.82, 2.24) is 4.90 Å². The highest BCUT2D eigenvalue weighted by molar-refractivity contribution is 6.08. The maximum absolute atomic E-state index is 12.8. The molecule has 2 saturated carbocycles. The summed E-state index contributed by atoms with van der Waals surface area (Å²) in [5.41, 5.74) is 0.389. The van der Waals surface area contributed by atoms with Crippen molar-refractivity contribution in [2.24, 2.45) is 35.5 Å². The molecule has 4 aliphatic carbocycles. The van der Waals surface area contributed by atoms with Crippen molar-refractivity contribution in [2.75, 3.05) is 20.3 Å². The lowest BCUT2D eigenvalue weighted by Gasteiger charge is -2.37. The Balaban J connectivity index is 1.20. The number of hydrogen-bond donors (Lipinski definition) is 0. The van der Waals surface area contributed by atoms with Crippen LogP contribution in [0.25, 0.3) is 0 Å². The third-order valence-electron chi connectivity index (χ3n) is 6.82. The van der Waals surface area contributed by atoms with Crippen LogP contribution in [0.2, 0.25) is 0 Å². The van der Waals surface area contributed by atoms with Crippen LogP contribution in [0.3, 0.4) is 0 Å². The lowest BCUT2D eigenvalue weighted by molar-refractivity contribution is -0.152. The monoisotopic (exact) mass is 395 g/mol. The summed E-state index contributed by atoms with van der Waals surface area (Å²) in [6.07, 6.45) is 5.26. The van der Waals surface area contributed by atoms with E-state index in [1.807, 2.05) is 0 Å². The third-order valence-corrected chi connectivity index (χ3v) is 6.82. The maximum Gasteiger partial charge on any atom is 0.326 e. The quantitative estimate of drug-likeness (QED) is 0.314. The molecule has 5 aliphatic rings. The molecule has 0 N–H and O–H groups in total. The molecule has 6 atom stereocenters. The second-order valence-corrected chi connectivity index (χ2v) is 8.23. The summed E-state index contributed by atoms with van der Waals surface area (Å²) in [6.45, 7) is -0.874. The number of methoxy groups -OCH3 is 1. The average molecular weight is 395 g/mol. The fourth-order valence-corrected chi connectivity index (χ4v) is 5.36. The smallest absolute Gasteiger partial charge is 0.326 e. The fraction of sp³-hybridized carbons (Fsp3) is 0.455. The zero-order valence-electron chi connectivity index (χ0n) is 15.9. The van der Waals surface area contributed by atoms with E-state index in [0.717, 1.165) is 11.3 Å². The van der Waals surface area contributed by atoms with Crippen molar-refractivity contribution < 1.29 is 28.7 Å². The summed E-state index contributed by atoms with van der Waals surface area (Å²) in [6, 6.07) is 6.46. The number of rotatable bonds is 6. The SMILES string of the molecule is COc1ccc(C(=O)COC(=O)CN2C(=O)[C@@H]3[C@H]4C=C[C@@H]([C@@H]5C[C@H]45)[C@@H]3C2=O)cc1. The van der Waals surface area contributed by atoms with E-state index in [2.05, 4.69) is 12.2 Å². The number of carbonyl (C=O) groups excluding carboxylic acids is 4. The van der Waals surface area contributed by atoms with Crippen LogP contribution in [0, 0.1) is 35.5 Å². The van der Waals surface area contributed by atoms with Crippen molar-refractivity contribution in [2.45, 2.75) is 6.42 Å². The molecule has 2 amide bonds. The number of esters is 1. The van der Waals surface area contributed by atoms with E-state index in [1.54, 1.807) is 24.3 Å². The number of imide groups is 1. The number of hydrogen-bond acceptors (Lipinski definition) is 6. The van der Waals surface area contributed by atoms with Gasteiger partial charge in [-0.05, 0) is 54.4 Å². The molecule has 6 rings (SSSR count). The Morgan fingerprint density at radius 2 is 1.59 bits per heavy atom. The lowest BCUT2D eigenvalue weighted by atomic mass is 9.63. The van der Waals surface area contributed by atoms with Gasteiger partial charge in [0.15, 0.2) is 12.4 Å². The molecule has 150 valence electrons. The predicted octanol–water partition coefficient (Wildman–Crippen LogP) is 1.47. The molecule has 0 radical (unpaired) electrons. The molecule has 1 saturated heterocycles. The van der Waals surface area contributed by atoms with Crippen LogP contribution in [-0.4, -0.2) is 48.7 Å². The average Bonchev–Trinajstić information content (AvgIpc) is 3.53. The van der Waals surface area contributed by atoms with Crippen LogP contribution in [-0.2, 0) is 19.1 Å². The summed E-state index contributed by atoms with van der Waals surface area (Å²) >= 11 is 0. The van der Waals surface area contributed by atoms with Gasteiger partial charge in [-0.2, -0.15) is 0 Å². The minimum atomic E-state index is -0.752. The van der Waals surface area contributed by atoms with Crippen LogP contribution >= 0.6 is 0 Å². The van der Waals surface area contributed by atoms with E-state index < -0.39 is 19.1 Å². The molecule has 7 nitrogen and oxygen atoms in total. The Hall–Kier alpha value is -2.96. The molecule has 0 aromatic heterocycles. The summed E-state index contributed by atoms with van der Waals surface area (Å²) in [7, 11) is 1.53. The van der Waals surface area contributed by atoms with Crippen molar-refractivity contribution in [1.29, 1.82) is 0 Å². The van der Waals surface area contributed by atoms with Crippen LogP contribution < -0.4 is 4.74 Å². The van der Waals surface area contributed by atoms with Gasteiger partial charge < -0.3 is 9.47 Å². The Morgan fingerprint density at radius 3 is 2.14 bits per heavy atom. The van der Waals surface area contributed by atoms with E-state index >= 15 is 0 Å². The highest BCUT2D eigenvalue weighted by atomic mass is 16.5. The standard InChI is InChI=1S/C22H21NO6/c1-28-12-4-2-11(3-5-12)17(24)10-29-18(25)9-23-21(26)19-13-6-7-14(16-8-15(13)16)20(19)22(23)27/h2-7,13-16,19-20H,8-10H2,1H3/t13-,14-,15-,16+,19-,20+/m0/s1. The van der Waals surface area contributed by atoms with Crippen LogP contribution in [0.15, 0.2) is 36.4 Å². The number of Topliss-reactive ketones (excluding diaryl/α,β-unsaturated/α-hetero) is 1. The Bertz CT molecular complexity index is 899. The maximum atomic E-state index is 12.8. The van der Waals surface area contributed by atoms with Gasteiger partial charge in [-0.1, -0.05) is 12.2 Å². The van der Waals surface area contributed by atoms with E-state index in [9.17, 15) is 19.2 Å². The molecular weight excluding hydrogens is 374 g/mol. The van der Waals surface area contributed by atoms with Crippen molar-refractivity contribution in [3.8, 4) is 5.75 Å². The molecule has 1 aromatic carbocycles. The van der Waals surface area contributed by atoms with Gasteiger partial charge in [0.1, 0.15) is 12.3 Å². The van der Waals surface area contributed by atoms with E-state index in [0.29, 0.717) is 23.1 Å². The number of carbonyl (C=O) groups is 4. The van der Waals surface area contributed by atoms with Crippen molar-refractivity contribution >= 4 is 23.6 Å². The van der Waals surface area contributed by atoms with Crippen molar-refractivity contribution in [3.05, 3.63) is 42.0 Å². The third kappa shape index (κ3) is 2.79. The Morgan fingerprint density at radius 1 is 1.00 bits per heavy atom. The van der Waals surface area contributed by atoms with Crippen LogP contribution in [0.5, 0.6) is 5.75 Å². The first-order valence-corrected chi connectivity index (χ1v) is 9.86. The summed E-state index contributed by atoms with van der Waals surface area (Å²) in [5, 5.41) is 0. The molecule has 7 heteroatoms. The highest BCUT2D eigenvalue weighted by Gasteiger charge is 2.67. The number of allylic oxidation sites excluding steroid dienone is 2. The van der Waals surface area contributed by atoms with Gasteiger partial charge in [0.05, 0.1) is 18.9 Å². The zero-order chi connectivity index (χ0) is 20.3. The first kappa shape index (κ1) is 18.1. The van der Waals surface area contributed by atoms with Gasteiger partial charge >= 0.3 is 5.97 Å². The molecule has 0 unspecified atom stereocenters. The first-order chi connectivity index (χ1) is 14.0. The predicted molar refractivity (Wildman–Crippen MR) is 99.7 cm³/mol. The minimum absolute atomic E-state index is 0.115. The molecule has 1 aromatic rings. The molecule has 29 heavy (non-hydrogen) atoms. The van der Waals surface area contributed by atoms with E-state index in [4.69, 9.17) is 9.47 Å². The molecule has 1 heterocycles. The Labute approximate surface area is 167 Å². The van der Waals surface area contributed by atoms with E-state index in [-0.39, 0.29) is 41.3 Å². The van der Waals surface area contributed by atoms with Gasteiger partial charge in [-0.25, -0.2) is 0 Å². The van der Waals surface area contributed by atoms with E-state index in [1.165, 1.54) is 7.11 Å². The number of nitrogens with zero attached hydrogens (tertiary/aromatic N) is 1. The van der Waals surface area contributed by atoms with Gasteiger partial charge in [0.2, 0.25) is 11.8 Å². The molecule has 2 bridgehead atoms. The number of likely N-dealkylation sites (tertiary alicyclic amines) is 1.